The van der Waals surface area contributed by atoms with Crippen LogP contribution in [0.25, 0.3) is 0 Å². The first-order chi connectivity index (χ1) is 10.0. The summed E-state index contributed by atoms with van der Waals surface area (Å²) in [5.74, 6) is -0.198. The fourth-order valence-corrected chi connectivity index (χ4v) is 2.75. The van der Waals surface area contributed by atoms with Gasteiger partial charge in [-0.25, -0.2) is 4.39 Å². The Labute approximate surface area is 134 Å². The molecule has 2 aromatic rings. The van der Waals surface area contributed by atoms with Gasteiger partial charge in [-0.15, -0.1) is 0 Å². The van der Waals surface area contributed by atoms with Crippen LogP contribution in [-0.2, 0) is 0 Å². The van der Waals surface area contributed by atoms with Gasteiger partial charge in [0, 0.05) is 4.47 Å². The smallest absolute Gasteiger partial charge is 0.123 e. The molecule has 3 heteroatoms. The molecule has 2 rings (SSSR count). The minimum absolute atomic E-state index is 0.0936. The summed E-state index contributed by atoms with van der Waals surface area (Å²) in [7, 11) is 0. The summed E-state index contributed by atoms with van der Waals surface area (Å²) in [6.07, 6.45) is 1.06. The SMILES string of the molecule is CCCNC(c1ccc(F)cc1)c1cc(C)c(Br)c(C)c1. The fraction of sp³-hybridized carbons (Fsp3) is 0.333. The number of nitrogens with one attached hydrogen (secondary N) is 1. The Morgan fingerprint density at radius 2 is 1.62 bits per heavy atom. The first-order valence-electron chi connectivity index (χ1n) is 7.28. The standard InChI is InChI=1S/C18H21BrFN/c1-4-9-21-18(14-5-7-16(20)8-6-14)15-10-12(2)17(19)13(3)11-15/h5-8,10-11,18,21H,4,9H2,1-3H3. The van der Waals surface area contributed by atoms with Crippen molar-refractivity contribution in [2.75, 3.05) is 6.54 Å². The zero-order valence-corrected chi connectivity index (χ0v) is 14.3. The van der Waals surface area contributed by atoms with Crippen LogP contribution in [0, 0.1) is 19.7 Å². The number of benzene rings is 2. The highest BCUT2D eigenvalue weighted by atomic mass is 79.9. The lowest BCUT2D eigenvalue weighted by Crippen LogP contribution is -2.23. The van der Waals surface area contributed by atoms with Gasteiger partial charge in [0.25, 0.3) is 0 Å². The number of rotatable bonds is 5. The van der Waals surface area contributed by atoms with Gasteiger partial charge in [-0.3, -0.25) is 0 Å². The zero-order valence-electron chi connectivity index (χ0n) is 12.7. The molecule has 0 fully saturated rings. The van der Waals surface area contributed by atoms with Crippen molar-refractivity contribution in [3.8, 4) is 0 Å². The molecule has 1 N–H and O–H groups in total. The van der Waals surface area contributed by atoms with Crippen molar-refractivity contribution in [3.05, 3.63) is 68.9 Å². The Kier molecular flexibility index (Phi) is 5.54. The quantitative estimate of drug-likeness (QED) is 0.772. The van der Waals surface area contributed by atoms with Crippen molar-refractivity contribution in [2.45, 2.75) is 33.2 Å². The Bertz CT molecular complexity index is 584. The van der Waals surface area contributed by atoms with Crippen LogP contribution < -0.4 is 5.32 Å². The molecule has 0 aliphatic carbocycles. The molecule has 21 heavy (non-hydrogen) atoms. The second-order valence-electron chi connectivity index (χ2n) is 5.41. The van der Waals surface area contributed by atoms with E-state index in [1.807, 2.05) is 12.1 Å². The van der Waals surface area contributed by atoms with Gasteiger partial charge in [-0.05, 0) is 61.2 Å². The Morgan fingerprint density at radius 3 is 2.14 bits per heavy atom. The number of hydrogen-bond donors (Lipinski definition) is 1. The molecule has 0 spiro atoms. The van der Waals surface area contributed by atoms with Gasteiger partial charge in [0.1, 0.15) is 5.82 Å². The number of hydrogen-bond acceptors (Lipinski definition) is 1. The topological polar surface area (TPSA) is 12.0 Å². The largest absolute Gasteiger partial charge is 0.306 e. The summed E-state index contributed by atoms with van der Waals surface area (Å²) in [5.41, 5.74) is 4.74. The van der Waals surface area contributed by atoms with E-state index < -0.39 is 0 Å². The highest BCUT2D eigenvalue weighted by molar-refractivity contribution is 9.10. The van der Waals surface area contributed by atoms with Gasteiger partial charge < -0.3 is 5.32 Å². The molecule has 0 amide bonds. The molecule has 1 nitrogen and oxygen atoms in total. The molecule has 1 atom stereocenters. The maximum absolute atomic E-state index is 13.2. The van der Waals surface area contributed by atoms with Crippen molar-refractivity contribution in [3.63, 3.8) is 0 Å². The summed E-state index contributed by atoms with van der Waals surface area (Å²) < 4.78 is 14.3. The van der Waals surface area contributed by atoms with Gasteiger partial charge in [0.15, 0.2) is 0 Å². The maximum atomic E-state index is 13.2. The minimum atomic E-state index is -0.198. The molecule has 0 saturated carbocycles. The fourth-order valence-electron chi connectivity index (χ4n) is 2.52. The average molecular weight is 350 g/mol. The molecule has 0 radical (unpaired) electrons. The summed E-state index contributed by atoms with van der Waals surface area (Å²) in [6.45, 7) is 7.27. The predicted molar refractivity (Wildman–Crippen MR) is 90.2 cm³/mol. The van der Waals surface area contributed by atoms with Crippen LogP contribution in [0.3, 0.4) is 0 Å². The van der Waals surface area contributed by atoms with Crippen molar-refractivity contribution in [1.29, 1.82) is 0 Å². The molecule has 0 aliphatic heterocycles. The van der Waals surface area contributed by atoms with E-state index in [1.54, 1.807) is 0 Å². The number of halogens is 2. The van der Waals surface area contributed by atoms with E-state index in [2.05, 4.69) is 54.2 Å². The molecule has 0 aliphatic rings. The normalized spacial score (nSPS) is 12.4. The van der Waals surface area contributed by atoms with Crippen molar-refractivity contribution in [1.82, 2.24) is 5.32 Å². The summed E-state index contributed by atoms with van der Waals surface area (Å²) >= 11 is 3.61. The third-order valence-corrected chi connectivity index (χ3v) is 4.84. The van der Waals surface area contributed by atoms with Gasteiger partial charge in [-0.2, -0.15) is 0 Å². The Hall–Kier alpha value is -1.19. The van der Waals surface area contributed by atoms with Crippen LogP contribution in [0.15, 0.2) is 40.9 Å². The molecule has 0 aromatic heterocycles. The maximum Gasteiger partial charge on any atom is 0.123 e. The van der Waals surface area contributed by atoms with E-state index in [0.717, 1.165) is 23.0 Å². The monoisotopic (exact) mass is 349 g/mol. The molecule has 0 bridgehead atoms. The first-order valence-corrected chi connectivity index (χ1v) is 8.07. The predicted octanol–water partition coefficient (Wildman–Crippen LogP) is 5.29. The molecule has 0 heterocycles. The molecule has 0 saturated heterocycles. The highest BCUT2D eigenvalue weighted by Crippen LogP contribution is 2.29. The third kappa shape index (κ3) is 3.92. The van der Waals surface area contributed by atoms with Crippen LogP contribution in [0.4, 0.5) is 4.39 Å². The second-order valence-corrected chi connectivity index (χ2v) is 6.20. The molecule has 1 unspecified atom stereocenters. The van der Waals surface area contributed by atoms with E-state index in [9.17, 15) is 4.39 Å². The second kappa shape index (κ2) is 7.19. The van der Waals surface area contributed by atoms with Gasteiger partial charge in [0.2, 0.25) is 0 Å². The Morgan fingerprint density at radius 1 is 1.05 bits per heavy atom. The van der Waals surface area contributed by atoms with Crippen LogP contribution >= 0.6 is 15.9 Å². The molecule has 112 valence electrons. The van der Waals surface area contributed by atoms with E-state index in [0.29, 0.717) is 0 Å². The van der Waals surface area contributed by atoms with Gasteiger partial charge in [-0.1, -0.05) is 47.1 Å². The zero-order chi connectivity index (χ0) is 15.4. The molecule has 2 aromatic carbocycles. The summed E-state index contributed by atoms with van der Waals surface area (Å²) in [4.78, 5) is 0. The van der Waals surface area contributed by atoms with Gasteiger partial charge in [0.05, 0.1) is 6.04 Å². The van der Waals surface area contributed by atoms with Crippen LogP contribution in [0.2, 0.25) is 0 Å². The van der Waals surface area contributed by atoms with E-state index in [-0.39, 0.29) is 11.9 Å². The van der Waals surface area contributed by atoms with Crippen LogP contribution in [0.1, 0.15) is 41.6 Å². The highest BCUT2D eigenvalue weighted by Gasteiger charge is 2.15. The Balaban J connectivity index is 2.42. The lowest BCUT2D eigenvalue weighted by Gasteiger charge is -2.21. The van der Waals surface area contributed by atoms with Crippen LogP contribution in [-0.4, -0.2) is 6.54 Å². The van der Waals surface area contributed by atoms with E-state index in [4.69, 9.17) is 0 Å². The lowest BCUT2D eigenvalue weighted by atomic mass is 9.95. The third-order valence-electron chi connectivity index (χ3n) is 3.59. The molecular weight excluding hydrogens is 329 g/mol. The lowest BCUT2D eigenvalue weighted by molar-refractivity contribution is 0.592. The first kappa shape index (κ1) is 16.2. The number of aryl methyl sites for hydroxylation is 2. The van der Waals surface area contributed by atoms with Crippen molar-refractivity contribution in [2.24, 2.45) is 0 Å². The van der Waals surface area contributed by atoms with Crippen LogP contribution in [0.5, 0.6) is 0 Å². The minimum Gasteiger partial charge on any atom is -0.306 e. The van der Waals surface area contributed by atoms with Crippen molar-refractivity contribution >= 4 is 15.9 Å². The van der Waals surface area contributed by atoms with E-state index >= 15 is 0 Å². The summed E-state index contributed by atoms with van der Waals surface area (Å²) in [5, 5.41) is 3.56. The molecular formula is C18H21BrFN. The summed E-state index contributed by atoms with van der Waals surface area (Å²) in [6, 6.07) is 11.2. The van der Waals surface area contributed by atoms with E-state index in [1.165, 1.54) is 28.8 Å². The average Bonchev–Trinajstić information content (AvgIpc) is 2.46. The van der Waals surface area contributed by atoms with Crippen molar-refractivity contribution < 1.29 is 4.39 Å². The van der Waals surface area contributed by atoms with Gasteiger partial charge >= 0.3 is 0 Å².